The summed E-state index contributed by atoms with van der Waals surface area (Å²) < 4.78 is 0. The van der Waals surface area contributed by atoms with Crippen LogP contribution >= 0.6 is 0 Å². The van der Waals surface area contributed by atoms with E-state index in [9.17, 15) is 4.79 Å². The monoisotopic (exact) mass is 326 g/mol. The standard InChI is InChI=1S/C18H22N4O2/c1-11-9-22(10-15(11)7-16(23)24)18-12(2)13(3)20-17(21-18)14-5-4-6-19-8-14/h4-6,8,11,15H,7,9-10H2,1-3H3,(H,23,24)/t11-,15-/m1/s1. The van der Waals surface area contributed by atoms with Gasteiger partial charge in [0, 0.05) is 42.3 Å². The highest BCUT2D eigenvalue weighted by atomic mass is 16.4. The van der Waals surface area contributed by atoms with Crippen LogP contribution < -0.4 is 4.90 Å². The molecule has 24 heavy (non-hydrogen) atoms. The molecular weight excluding hydrogens is 304 g/mol. The van der Waals surface area contributed by atoms with Gasteiger partial charge in [-0.05, 0) is 37.8 Å². The zero-order chi connectivity index (χ0) is 17.3. The maximum atomic E-state index is 11.1. The summed E-state index contributed by atoms with van der Waals surface area (Å²) in [5, 5.41) is 9.09. The van der Waals surface area contributed by atoms with Gasteiger partial charge < -0.3 is 10.0 Å². The zero-order valence-electron chi connectivity index (χ0n) is 14.2. The van der Waals surface area contributed by atoms with Crippen molar-refractivity contribution in [2.75, 3.05) is 18.0 Å². The number of carboxylic acid groups (broad SMARTS) is 1. The molecule has 3 heterocycles. The second-order valence-electron chi connectivity index (χ2n) is 6.56. The third-order valence-electron chi connectivity index (χ3n) is 4.79. The van der Waals surface area contributed by atoms with Crippen molar-refractivity contribution in [1.29, 1.82) is 0 Å². The van der Waals surface area contributed by atoms with E-state index in [-0.39, 0.29) is 12.3 Å². The van der Waals surface area contributed by atoms with Crippen molar-refractivity contribution in [1.82, 2.24) is 15.0 Å². The molecule has 0 spiro atoms. The predicted octanol–water partition coefficient (Wildman–Crippen LogP) is 2.70. The highest BCUT2D eigenvalue weighted by Gasteiger charge is 2.33. The largest absolute Gasteiger partial charge is 0.481 e. The molecule has 1 N–H and O–H groups in total. The fourth-order valence-electron chi connectivity index (χ4n) is 3.24. The number of anilines is 1. The predicted molar refractivity (Wildman–Crippen MR) is 91.9 cm³/mol. The zero-order valence-corrected chi connectivity index (χ0v) is 14.2. The van der Waals surface area contributed by atoms with Crippen LogP contribution in [0.1, 0.15) is 24.6 Å². The van der Waals surface area contributed by atoms with Gasteiger partial charge in [0.15, 0.2) is 5.82 Å². The van der Waals surface area contributed by atoms with Crippen LogP contribution in [0.5, 0.6) is 0 Å². The molecule has 1 aliphatic rings. The smallest absolute Gasteiger partial charge is 0.303 e. The number of carbonyl (C=O) groups is 1. The van der Waals surface area contributed by atoms with Gasteiger partial charge in [-0.25, -0.2) is 9.97 Å². The molecule has 6 nitrogen and oxygen atoms in total. The van der Waals surface area contributed by atoms with Crippen LogP contribution in [0.3, 0.4) is 0 Å². The van der Waals surface area contributed by atoms with Crippen molar-refractivity contribution < 1.29 is 9.90 Å². The van der Waals surface area contributed by atoms with Crippen molar-refractivity contribution in [3.63, 3.8) is 0 Å². The van der Waals surface area contributed by atoms with Crippen LogP contribution in [0.2, 0.25) is 0 Å². The lowest BCUT2D eigenvalue weighted by Crippen LogP contribution is -2.23. The van der Waals surface area contributed by atoms with Gasteiger partial charge in [0.25, 0.3) is 0 Å². The number of aliphatic carboxylic acids is 1. The van der Waals surface area contributed by atoms with Gasteiger partial charge in [0.05, 0.1) is 6.42 Å². The molecule has 0 amide bonds. The molecule has 2 aromatic heterocycles. The Morgan fingerprint density at radius 2 is 2.12 bits per heavy atom. The lowest BCUT2D eigenvalue weighted by Gasteiger charge is -2.21. The van der Waals surface area contributed by atoms with E-state index < -0.39 is 5.97 Å². The number of hydrogen-bond donors (Lipinski definition) is 1. The fourth-order valence-corrected chi connectivity index (χ4v) is 3.24. The van der Waals surface area contributed by atoms with Crippen LogP contribution in [0.25, 0.3) is 11.4 Å². The minimum absolute atomic E-state index is 0.152. The maximum absolute atomic E-state index is 11.1. The molecule has 0 unspecified atom stereocenters. The molecule has 1 fully saturated rings. The number of nitrogens with zero attached hydrogens (tertiary/aromatic N) is 4. The average Bonchev–Trinajstić information content (AvgIpc) is 2.90. The summed E-state index contributed by atoms with van der Waals surface area (Å²) in [6, 6.07) is 3.81. The van der Waals surface area contributed by atoms with Gasteiger partial charge >= 0.3 is 5.97 Å². The molecule has 126 valence electrons. The molecule has 0 aliphatic carbocycles. The fraction of sp³-hybridized carbons (Fsp3) is 0.444. The Morgan fingerprint density at radius 1 is 1.33 bits per heavy atom. The Labute approximate surface area is 141 Å². The summed E-state index contributed by atoms with van der Waals surface area (Å²) in [5.74, 6) is 1.31. The van der Waals surface area contributed by atoms with Crippen LogP contribution in [0.15, 0.2) is 24.5 Å². The van der Waals surface area contributed by atoms with Crippen molar-refractivity contribution in [2.24, 2.45) is 11.8 Å². The molecule has 3 rings (SSSR count). The van der Waals surface area contributed by atoms with Crippen molar-refractivity contribution in [3.8, 4) is 11.4 Å². The Morgan fingerprint density at radius 3 is 2.79 bits per heavy atom. The third-order valence-corrected chi connectivity index (χ3v) is 4.79. The minimum Gasteiger partial charge on any atom is -0.481 e. The Bertz CT molecular complexity index is 748. The maximum Gasteiger partial charge on any atom is 0.303 e. The van der Waals surface area contributed by atoms with E-state index in [1.54, 1.807) is 12.4 Å². The van der Waals surface area contributed by atoms with E-state index in [4.69, 9.17) is 10.1 Å². The number of pyridine rings is 1. The molecule has 0 radical (unpaired) electrons. The van der Waals surface area contributed by atoms with E-state index in [2.05, 4.69) is 21.8 Å². The Kier molecular flexibility index (Phi) is 4.46. The molecule has 0 aromatic carbocycles. The lowest BCUT2D eigenvalue weighted by atomic mass is 9.95. The highest BCUT2D eigenvalue weighted by Crippen LogP contribution is 2.32. The van der Waals surface area contributed by atoms with E-state index in [0.29, 0.717) is 11.7 Å². The van der Waals surface area contributed by atoms with Gasteiger partial charge in [0.1, 0.15) is 5.82 Å². The molecule has 1 aliphatic heterocycles. The van der Waals surface area contributed by atoms with Gasteiger partial charge in [-0.1, -0.05) is 6.92 Å². The average molecular weight is 326 g/mol. The number of hydrogen-bond acceptors (Lipinski definition) is 5. The molecule has 0 saturated carbocycles. The van der Waals surface area contributed by atoms with Crippen LogP contribution in [-0.4, -0.2) is 39.1 Å². The van der Waals surface area contributed by atoms with Gasteiger partial charge in [-0.3, -0.25) is 9.78 Å². The van der Waals surface area contributed by atoms with E-state index in [1.807, 2.05) is 26.0 Å². The van der Waals surface area contributed by atoms with Gasteiger partial charge in [0.2, 0.25) is 0 Å². The second kappa shape index (κ2) is 6.55. The number of aryl methyl sites for hydroxylation is 1. The molecule has 2 atom stereocenters. The Hall–Kier alpha value is -2.50. The summed E-state index contributed by atoms with van der Waals surface area (Å²) in [6.07, 6.45) is 3.69. The van der Waals surface area contributed by atoms with Gasteiger partial charge in [-0.15, -0.1) is 0 Å². The first-order chi connectivity index (χ1) is 11.5. The number of rotatable bonds is 4. The molecule has 2 aromatic rings. The van der Waals surface area contributed by atoms with Crippen LogP contribution in [0.4, 0.5) is 5.82 Å². The van der Waals surface area contributed by atoms with Gasteiger partial charge in [-0.2, -0.15) is 0 Å². The first kappa shape index (κ1) is 16.4. The number of aromatic nitrogens is 3. The Balaban J connectivity index is 1.94. The van der Waals surface area contributed by atoms with Crippen molar-refractivity contribution >= 4 is 11.8 Å². The van der Waals surface area contributed by atoms with Crippen LogP contribution in [-0.2, 0) is 4.79 Å². The van der Waals surface area contributed by atoms with Crippen molar-refractivity contribution in [3.05, 3.63) is 35.8 Å². The number of carboxylic acids is 1. The van der Waals surface area contributed by atoms with E-state index in [0.717, 1.165) is 35.7 Å². The molecule has 6 heteroatoms. The van der Waals surface area contributed by atoms with E-state index in [1.165, 1.54) is 0 Å². The molecule has 0 bridgehead atoms. The summed E-state index contributed by atoms with van der Waals surface area (Å²) in [6.45, 7) is 7.65. The summed E-state index contributed by atoms with van der Waals surface area (Å²) in [7, 11) is 0. The molecular formula is C18H22N4O2. The van der Waals surface area contributed by atoms with Crippen molar-refractivity contribution in [2.45, 2.75) is 27.2 Å². The topological polar surface area (TPSA) is 79.2 Å². The minimum atomic E-state index is -0.736. The molecule has 1 saturated heterocycles. The van der Waals surface area contributed by atoms with Crippen LogP contribution in [0, 0.1) is 25.7 Å². The summed E-state index contributed by atoms with van der Waals surface area (Å²) in [4.78, 5) is 26.7. The second-order valence-corrected chi connectivity index (χ2v) is 6.56. The van der Waals surface area contributed by atoms with E-state index >= 15 is 0 Å². The summed E-state index contributed by atoms with van der Waals surface area (Å²) >= 11 is 0. The highest BCUT2D eigenvalue weighted by molar-refractivity contribution is 5.67. The third kappa shape index (κ3) is 3.22. The lowest BCUT2D eigenvalue weighted by molar-refractivity contribution is -0.138. The summed E-state index contributed by atoms with van der Waals surface area (Å²) in [5.41, 5.74) is 2.87. The first-order valence-electron chi connectivity index (χ1n) is 8.18. The normalized spacial score (nSPS) is 20.4. The first-order valence-corrected chi connectivity index (χ1v) is 8.18. The SMILES string of the molecule is Cc1nc(-c2cccnc2)nc(N2C[C@@H](CC(=O)O)[C@H](C)C2)c1C. The quantitative estimate of drug-likeness (QED) is 0.930.